The van der Waals surface area contributed by atoms with Gasteiger partial charge in [-0.05, 0) is 24.5 Å². The first-order chi connectivity index (χ1) is 9.86. The number of rotatable bonds is 4. The minimum absolute atomic E-state index is 0.0415. The molecule has 0 radical (unpaired) electrons. The summed E-state index contributed by atoms with van der Waals surface area (Å²) in [6, 6.07) is 0. The lowest BCUT2D eigenvalue weighted by Gasteiger charge is -2.17. The molecule has 21 heavy (non-hydrogen) atoms. The van der Waals surface area contributed by atoms with Crippen LogP contribution in [0.3, 0.4) is 0 Å². The van der Waals surface area contributed by atoms with Gasteiger partial charge in [-0.15, -0.1) is 0 Å². The Balaban J connectivity index is 2.01. The molecule has 0 saturated carbocycles. The van der Waals surface area contributed by atoms with Gasteiger partial charge in [0.05, 0.1) is 12.3 Å². The van der Waals surface area contributed by atoms with Crippen LogP contribution in [0.2, 0.25) is 0 Å². The van der Waals surface area contributed by atoms with Crippen molar-refractivity contribution in [3.63, 3.8) is 0 Å². The molecule has 0 aromatic heterocycles. The van der Waals surface area contributed by atoms with Crippen molar-refractivity contribution in [2.45, 2.75) is 19.0 Å². The van der Waals surface area contributed by atoms with Crippen LogP contribution in [0.4, 0.5) is 13.2 Å². The van der Waals surface area contributed by atoms with Gasteiger partial charge < -0.3 is 10.0 Å². The van der Waals surface area contributed by atoms with Crippen molar-refractivity contribution in [3.8, 4) is 0 Å². The molecule has 1 heterocycles. The number of allylic oxidation sites excluding steroid dienone is 5. The number of aliphatic carboxylic acids is 1. The van der Waals surface area contributed by atoms with Gasteiger partial charge in [0, 0.05) is 13.1 Å². The molecule has 0 aromatic carbocycles. The standard InChI is InChI=1S/C15H18F3NO2/c16-15(17,18)13-4-2-1-3-11(9-13)12-5-7-19(10-12)8-6-14(20)21/h1-4,9,12-13H,5-8,10H2,(H,20,21). The lowest BCUT2D eigenvalue weighted by atomic mass is 9.94. The maximum absolute atomic E-state index is 12.9. The first-order valence-corrected chi connectivity index (χ1v) is 6.93. The van der Waals surface area contributed by atoms with E-state index in [4.69, 9.17) is 5.11 Å². The van der Waals surface area contributed by atoms with E-state index in [1.165, 1.54) is 12.2 Å². The highest BCUT2D eigenvalue weighted by Crippen LogP contribution is 2.34. The Hall–Kier alpha value is -1.56. The van der Waals surface area contributed by atoms with Gasteiger partial charge in [0.25, 0.3) is 0 Å². The Morgan fingerprint density at radius 2 is 2.14 bits per heavy atom. The summed E-state index contributed by atoms with van der Waals surface area (Å²) < 4.78 is 38.6. The molecular formula is C15H18F3NO2. The Kier molecular flexibility index (Phi) is 4.88. The summed E-state index contributed by atoms with van der Waals surface area (Å²) in [5, 5.41) is 8.67. The molecule has 2 rings (SSSR count). The van der Waals surface area contributed by atoms with E-state index in [1.807, 2.05) is 4.90 Å². The molecule has 2 atom stereocenters. The highest BCUT2D eigenvalue weighted by Gasteiger charge is 2.37. The molecule has 1 aliphatic carbocycles. The SMILES string of the molecule is O=C(O)CCN1CCC(C2=CC(C(F)(F)F)C=CC=C2)C1. The van der Waals surface area contributed by atoms with Gasteiger partial charge in [-0.3, -0.25) is 4.79 Å². The van der Waals surface area contributed by atoms with Crippen molar-refractivity contribution in [3.05, 3.63) is 36.0 Å². The minimum atomic E-state index is -4.27. The molecule has 0 amide bonds. The molecule has 6 heteroatoms. The largest absolute Gasteiger partial charge is 0.481 e. The highest BCUT2D eigenvalue weighted by atomic mass is 19.4. The second-order valence-electron chi connectivity index (χ2n) is 5.41. The van der Waals surface area contributed by atoms with E-state index in [0.29, 0.717) is 18.7 Å². The van der Waals surface area contributed by atoms with Gasteiger partial charge in [0.2, 0.25) is 0 Å². The molecule has 1 saturated heterocycles. The van der Waals surface area contributed by atoms with Crippen LogP contribution in [0.25, 0.3) is 0 Å². The maximum Gasteiger partial charge on any atom is 0.398 e. The smallest absolute Gasteiger partial charge is 0.398 e. The molecule has 1 N–H and O–H groups in total. The fourth-order valence-electron chi connectivity index (χ4n) is 2.71. The fraction of sp³-hybridized carbons (Fsp3) is 0.533. The molecule has 0 spiro atoms. The van der Waals surface area contributed by atoms with Gasteiger partial charge in [0.15, 0.2) is 0 Å². The third-order valence-electron chi connectivity index (χ3n) is 3.85. The molecule has 1 aliphatic heterocycles. The van der Waals surface area contributed by atoms with Gasteiger partial charge >= 0.3 is 12.1 Å². The summed E-state index contributed by atoms with van der Waals surface area (Å²) in [4.78, 5) is 12.5. The predicted octanol–water partition coefficient (Wildman–Crippen LogP) is 3.01. The van der Waals surface area contributed by atoms with Gasteiger partial charge in [-0.2, -0.15) is 13.2 Å². The van der Waals surface area contributed by atoms with Crippen LogP contribution in [0, 0.1) is 11.8 Å². The van der Waals surface area contributed by atoms with Gasteiger partial charge in [-0.25, -0.2) is 0 Å². The molecule has 2 unspecified atom stereocenters. The van der Waals surface area contributed by atoms with Crippen molar-refractivity contribution in [2.75, 3.05) is 19.6 Å². The minimum Gasteiger partial charge on any atom is -0.481 e. The second kappa shape index (κ2) is 6.47. The fourth-order valence-corrected chi connectivity index (χ4v) is 2.71. The number of hydrogen-bond acceptors (Lipinski definition) is 2. The summed E-state index contributed by atoms with van der Waals surface area (Å²) in [6.45, 7) is 1.80. The number of hydrogen-bond donors (Lipinski definition) is 1. The van der Waals surface area contributed by atoms with Crippen LogP contribution < -0.4 is 0 Å². The van der Waals surface area contributed by atoms with Crippen LogP contribution in [-0.4, -0.2) is 41.8 Å². The summed E-state index contributed by atoms with van der Waals surface area (Å²) >= 11 is 0. The zero-order valence-corrected chi connectivity index (χ0v) is 11.5. The third-order valence-corrected chi connectivity index (χ3v) is 3.85. The van der Waals surface area contributed by atoms with Crippen LogP contribution in [0.5, 0.6) is 0 Å². The zero-order valence-electron chi connectivity index (χ0n) is 11.5. The number of alkyl halides is 3. The summed E-state index contributed by atoms with van der Waals surface area (Å²) in [7, 11) is 0. The molecule has 2 aliphatic rings. The highest BCUT2D eigenvalue weighted by molar-refractivity contribution is 5.66. The van der Waals surface area contributed by atoms with Crippen LogP contribution in [0.15, 0.2) is 36.0 Å². The van der Waals surface area contributed by atoms with Crippen molar-refractivity contribution < 1.29 is 23.1 Å². The number of carboxylic acids is 1. The zero-order chi connectivity index (χ0) is 15.5. The normalized spacial score (nSPS) is 26.7. The first kappa shape index (κ1) is 15.8. The van der Waals surface area contributed by atoms with Crippen LogP contribution in [0.1, 0.15) is 12.8 Å². The van der Waals surface area contributed by atoms with Crippen molar-refractivity contribution >= 4 is 5.97 Å². The Bertz CT molecular complexity index is 480. The van der Waals surface area contributed by atoms with E-state index in [9.17, 15) is 18.0 Å². The van der Waals surface area contributed by atoms with E-state index in [0.717, 1.165) is 19.0 Å². The number of halogens is 3. The van der Waals surface area contributed by atoms with Gasteiger partial charge in [0.1, 0.15) is 0 Å². The molecular weight excluding hydrogens is 283 g/mol. The average Bonchev–Trinajstić information content (AvgIpc) is 2.70. The van der Waals surface area contributed by atoms with Gasteiger partial charge in [-0.1, -0.05) is 30.4 Å². The Labute approximate surface area is 121 Å². The van der Waals surface area contributed by atoms with E-state index < -0.39 is 18.1 Å². The first-order valence-electron chi connectivity index (χ1n) is 6.93. The van der Waals surface area contributed by atoms with Crippen molar-refractivity contribution in [1.82, 2.24) is 4.90 Å². The van der Waals surface area contributed by atoms with Crippen LogP contribution in [-0.2, 0) is 4.79 Å². The Morgan fingerprint density at radius 3 is 2.81 bits per heavy atom. The topological polar surface area (TPSA) is 40.5 Å². The lowest BCUT2D eigenvalue weighted by molar-refractivity contribution is -0.149. The number of carbonyl (C=O) groups is 1. The van der Waals surface area contributed by atoms with E-state index in [1.54, 1.807) is 12.2 Å². The average molecular weight is 301 g/mol. The number of likely N-dealkylation sites (tertiary alicyclic amines) is 1. The maximum atomic E-state index is 12.9. The van der Waals surface area contributed by atoms with E-state index >= 15 is 0 Å². The summed E-state index contributed by atoms with van der Waals surface area (Å²) in [5.41, 5.74) is 0.695. The number of carboxylic acid groups (broad SMARTS) is 1. The molecule has 3 nitrogen and oxygen atoms in total. The monoisotopic (exact) mass is 301 g/mol. The van der Waals surface area contributed by atoms with E-state index in [2.05, 4.69) is 0 Å². The third kappa shape index (κ3) is 4.46. The second-order valence-corrected chi connectivity index (χ2v) is 5.41. The predicted molar refractivity (Wildman–Crippen MR) is 72.7 cm³/mol. The number of nitrogens with zero attached hydrogens (tertiary/aromatic N) is 1. The van der Waals surface area contributed by atoms with E-state index in [-0.39, 0.29) is 12.3 Å². The summed E-state index contributed by atoms with van der Waals surface area (Å²) in [5.74, 6) is -2.36. The van der Waals surface area contributed by atoms with Crippen LogP contribution >= 0.6 is 0 Å². The molecule has 0 bridgehead atoms. The quantitative estimate of drug-likeness (QED) is 0.868. The summed E-state index contributed by atoms with van der Waals surface area (Å²) in [6.07, 6.45) is 3.79. The molecule has 0 aromatic rings. The van der Waals surface area contributed by atoms with Crippen molar-refractivity contribution in [1.29, 1.82) is 0 Å². The lowest BCUT2D eigenvalue weighted by Crippen LogP contribution is -2.24. The Morgan fingerprint density at radius 1 is 1.38 bits per heavy atom. The van der Waals surface area contributed by atoms with Crippen molar-refractivity contribution in [2.24, 2.45) is 11.8 Å². The molecule has 116 valence electrons. The molecule has 1 fully saturated rings.